The van der Waals surface area contributed by atoms with Gasteiger partial charge >= 0.3 is 0 Å². The molecule has 1 nitrogen and oxygen atoms in total. The molecule has 0 heterocycles. The van der Waals surface area contributed by atoms with Crippen molar-refractivity contribution in [2.75, 3.05) is 6.61 Å². The van der Waals surface area contributed by atoms with E-state index in [1.807, 2.05) is 12.1 Å². The topological polar surface area (TPSA) is 9.23 Å². The quantitative estimate of drug-likeness (QED) is 0.664. The van der Waals surface area contributed by atoms with Crippen molar-refractivity contribution in [1.82, 2.24) is 0 Å². The van der Waals surface area contributed by atoms with E-state index in [9.17, 15) is 0 Å². The van der Waals surface area contributed by atoms with Gasteiger partial charge in [0.2, 0.25) is 0 Å². The number of hydrogen-bond acceptors (Lipinski definition) is 1. The molecule has 0 saturated carbocycles. The second-order valence-corrected chi connectivity index (χ2v) is 4.76. The van der Waals surface area contributed by atoms with Gasteiger partial charge in [-0.1, -0.05) is 39.0 Å². The van der Waals surface area contributed by atoms with Crippen molar-refractivity contribution in [3.05, 3.63) is 29.8 Å². The van der Waals surface area contributed by atoms with Gasteiger partial charge in [0.15, 0.2) is 0 Å². The van der Waals surface area contributed by atoms with E-state index < -0.39 is 0 Å². The standard InChI is InChI=1S/C16H22O/c1-5-9-14(6-2)15-10-7-8-11-16(15)17-12-13(3)4/h1,7-8,10-11,13-14H,6,9,12H2,2-4H3. The molecule has 0 aliphatic heterocycles. The molecule has 0 aliphatic carbocycles. The minimum Gasteiger partial charge on any atom is -0.493 e. The van der Waals surface area contributed by atoms with Crippen LogP contribution in [0.1, 0.15) is 45.1 Å². The van der Waals surface area contributed by atoms with Crippen LogP contribution >= 0.6 is 0 Å². The lowest BCUT2D eigenvalue weighted by molar-refractivity contribution is 0.267. The van der Waals surface area contributed by atoms with Gasteiger partial charge in [-0.3, -0.25) is 0 Å². The van der Waals surface area contributed by atoms with Gasteiger partial charge in [0.1, 0.15) is 5.75 Å². The van der Waals surface area contributed by atoms with E-state index in [1.165, 1.54) is 5.56 Å². The summed E-state index contributed by atoms with van der Waals surface area (Å²) in [5.74, 6) is 4.69. The molecule has 0 radical (unpaired) electrons. The molecule has 0 N–H and O–H groups in total. The van der Waals surface area contributed by atoms with Crippen LogP contribution in [0, 0.1) is 18.3 Å². The molecule has 1 rings (SSSR count). The van der Waals surface area contributed by atoms with Gasteiger partial charge in [-0.15, -0.1) is 12.3 Å². The fraction of sp³-hybridized carbons (Fsp3) is 0.500. The summed E-state index contributed by atoms with van der Waals surface area (Å²) in [6.07, 6.45) is 7.25. The minimum atomic E-state index is 0.406. The minimum absolute atomic E-state index is 0.406. The summed E-state index contributed by atoms with van der Waals surface area (Å²) in [6.45, 7) is 7.23. The third kappa shape index (κ3) is 4.15. The Bertz CT molecular complexity index is 373. The van der Waals surface area contributed by atoms with Crippen molar-refractivity contribution in [3.63, 3.8) is 0 Å². The average molecular weight is 230 g/mol. The van der Waals surface area contributed by atoms with Crippen LogP contribution < -0.4 is 4.74 Å². The summed E-state index contributed by atoms with van der Waals surface area (Å²) in [6, 6.07) is 8.23. The number of hydrogen-bond donors (Lipinski definition) is 0. The van der Waals surface area contributed by atoms with Crippen LogP contribution in [0.4, 0.5) is 0 Å². The highest BCUT2D eigenvalue weighted by atomic mass is 16.5. The van der Waals surface area contributed by atoms with Gasteiger partial charge in [-0.25, -0.2) is 0 Å². The SMILES string of the molecule is C#CCC(CC)c1ccccc1OCC(C)C. The summed E-state index contributed by atoms with van der Waals surface area (Å²) < 4.78 is 5.86. The first-order chi connectivity index (χ1) is 8.19. The van der Waals surface area contributed by atoms with Crippen molar-refractivity contribution in [2.45, 2.75) is 39.5 Å². The summed E-state index contributed by atoms with van der Waals surface area (Å²) in [4.78, 5) is 0. The van der Waals surface area contributed by atoms with Crippen LogP contribution in [0.25, 0.3) is 0 Å². The summed E-state index contributed by atoms with van der Waals surface area (Å²) >= 11 is 0. The Morgan fingerprint density at radius 1 is 1.29 bits per heavy atom. The Kier molecular flexibility index (Phi) is 5.63. The summed E-state index contributed by atoms with van der Waals surface area (Å²) in [5, 5.41) is 0. The number of benzene rings is 1. The molecular formula is C16H22O. The molecule has 0 bridgehead atoms. The highest BCUT2D eigenvalue weighted by Crippen LogP contribution is 2.31. The molecular weight excluding hydrogens is 208 g/mol. The third-order valence-electron chi connectivity index (χ3n) is 2.79. The van der Waals surface area contributed by atoms with Crippen molar-refractivity contribution < 1.29 is 4.74 Å². The predicted octanol–water partition coefficient (Wildman–Crippen LogP) is 4.24. The predicted molar refractivity (Wildman–Crippen MR) is 73.3 cm³/mol. The summed E-state index contributed by atoms with van der Waals surface area (Å²) in [7, 11) is 0. The monoisotopic (exact) mass is 230 g/mol. The van der Waals surface area contributed by atoms with Crippen LogP contribution in [-0.4, -0.2) is 6.61 Å². The second kappa shape index (κ2) is 7.01. The first kappa shape index (κ1) is 13.6. The average Bonchev–Trinajstić information content (AvgIpc) is 2.34. The van der Waals surface area contributed by atoms with Crippen molar-refractivity contribution >= 4 is 0 Å². The van der Waals surface area contributed by atoms with Crippen LogP contribution in [-0.2, 0) is 0 Å². The molecule has 1 aromatic rings. The fourth-order valence-electron chi connectivity index (χ4n) is 1.82. The molecule has 1 unspecified atom stereocenters. The van der Waals surface area contributed by atoms with E-state index in [0.29, 0.717) is 11.8 Å². The lowest BCUT2D eigenvalue weighted by atomic mass is 9.93. The van der Waals surface area contributed by atoms with Crippen molar-refractivity contribution in [1.29, 1.82) is 0 Å². The Hall–Kier alpha value is -1.42. The molecule has 0 amide bonds. The van der Waals surface area contributed by atoms with Gasteiger partial charge in [0.05, 0.1) is 6.61 Å². The molecule has 0 aromatic heterocycles. The number of para-hydroxylation sites is 1. The fourth-order valence-corrected chi connectivity index (χ4v) is 1.82. The number of terminal acetylenes is 1. The molecule has 0 aliphatic rings. The third-order valence-corrected chi connectivity index (χ3v) is 2.79. The van der Waals surface area contributed by atoms with Gasteiger partial charge in [-0.2, -0.15) is 0 Å². The van der Waals surface area contributed by atoms with Crippen LogP contribution in [0.2, 0.25) is 0 Å². The molecule has 1 aromatic carbocycles. The van der Waals surface area contributed by atoms with Gasteiger partial charge in [-0.05, 0) is 29.9 Å². The number of ether oxygens (including phenoxy) is 1. The maximum absolute atomic E-state index is 5.86. The molecule has 0 fully saturated rings. The highest BCUT2D eigenvalue weighted by molar-refractivity contribution is 5.36. The smallest absolute Gasteiger partial charge is 0.122 e. The maximum Gasteiger partial charge on any atom is 0.122 e. The van der Waals surface area contributed by atoms with E-state index in [0.717, 1.165) is 25.2 Å². The molecule has 1 heteroatoms. The lowest BCUT2D eigenvalue weighted by Gasteiger charge is -2.18. The Morgan fingerprint density at radius 2 is 2.00 bits per heavy atom. The van der Waals surface area contributed by atoms with Gasteiger partial charge in [0.25, 0.3) is 0 Å². The zero-order valence-electron chi connectivity index (χ0n) is 11.1. The Balaban J connectivity index is 2.86. The van der Waals surface area contributed by atoms with Gasteiger partial charge < -0.3 is 4.74 Å². The summed E-state index contributed by atoms with van der Waals surface area (Å²) in [5.41, 5.74) is 1.24. The first-order valence-electron chi connectivity index (χ1n) is 6.34. The molecule has 17 heavy (non-hydrogen) atoms. The Morgan fingerprint density at radius 3 is 2.59 bits per heavy atom. The maximum atomic E-state index is 5.86. The Labute approximate surface area is 105 Å². The van der Waals surface area contributed by atoms with E-state index >= 15 is 0 Å². The largest absolute Gasteiger partial charge is 0.493 e. The second-order valence-electron chi connectivity index (χ2n) is 4.76. The lowest BCUT2D eigenvalue weighted by Crippen LogP contribution is -2.07. The van der Waals surface area contributed by atoms with Crippen molar-refractivity contribution in [2.24, 2.45) is 5.92 Å². The highest BCUT2D eigenvalue weighted by Gasteiger charge is 2.13. The zero-order valence-corrected chi connectivity index (χ0v) is 11.1. The zero-order chi connectivity index (χ0) is 12.7. The molecule has 0 spiro atoms. The number of rotatable bonds is 6. The van der Waals surface area contributed by atoms with E-state index in [-0.39, 0.29) is 0 Å². The van der Waals surface area contributed by atoms with Crippen LogP contribution in [0.3, 0.4) is 0 Å². The normalized spacial score (nSPS) is 12.2. The van der Waals surface area contributed by atoms with E-state index in [2.05, 4.69) is 38.8 Å². The van der Waals surface area contributed by atoms with Crippen molar-refractivity contribution in [3.8, 4) is 18.1 Å². The van der Waals surface area contributed by atoms with Crippen LogP contribution in [0.5, 0.6) is 5.75 Å². The molecule has 1 atom stereocenters. The van der Waals surface area contributed by atoms with E-state index in [4.69, 9.17) is 11.2 Å². The first-order valence-corrected chi connectivity index (χ1v) is 6.34. The van der Waals surface area contributed by atoms with Gasteiger partial charge in [0, 0.05) is 6.42 Å². The van der Waals surface area contributed by atoms with E-state index in [1.54, 1.807) is 0 Å². The molecule has 0 saturated heterocycles. The van der Waals surface area contributed by atoms with Crippen LogP contribution in [0.15, 0.2) is 24.3 Å². The molecule has 92 valence electrons.